The zero-order valence-corrected chi connectivity index (χ0v) is 15.8. The second kappa shape index (κ2) is 7.22. The fourth-order valence-electron chi connectivity index (χ4n) is 4.49. The average Bonchev–Trinajstić information content (AvgIpc) is 3.25. The van der Waals surface area contributed by atoms with E-state index in [9.17, 15) is 14.0 Å². The van der Waals surface area contributed by atoms with Crippen LogP contribution in [-0.2, 0) is 4.79 Å². The maximum Gasteiger partial charge on any atom is 0.254 e. The van der Waals surface area contributed by atoms with Crippen LogP contribution < -0.4 is 4.74 Å². The van der Waals surface area contributed by atoms with E-state index < -0.39 is 0 Å². The largest absolute Gasteiger partial charge is 0.481 e. The van der Waals surface area contributed by atoms with Gasteiger partial charge in [-0.2, -0.15) is 0 Å². The Kier molecular flexibility index (Phi) is 4.75. The number of likely N-dealkylation sites (tertiary alicyclic amines) is 2. The summed E-state index contributed by atoms with van der Waals surface area (Å²) in [5.41, 5.74) is 1.31. The third-order valence-corrected chi connectivity index (χ3v) is 5.74. The molecule has 2 aliphatic rings. The summed E-state index contributed by atoms with van der Waals surface area (Å²) in [7, 11) is 1.51. The first kappa shape index (κ1) is 18.4. The van der Waals surface area contributed by atoms with Gasteiger partial charge in [-0.3, -0.25) is 9.59 Å². The molecule has 2 aromatic rings. The summed E-state index contributed by atoms with van der Waals surface area (Å²) in [4.78, 5) is 32.8. The fraction of sp³-hybridized carbons (Fsp3) is 0.381. The molecule has 2 saturated heterocycles. The fourth-order valence-corrected chi connectivity index (χ4v) is 4.49. The Bertz CT molecular complexity index is 919. The zero-order chi connectivity index (χ0) is 19.8. The molecule has 0 unspecified atom stereocenters. The molecule has 3 atom stereocenters. The van der Waals surface area contributed by atoms with E-state index in [0.717, 1.165) is 5.56 Å². The molecule has 28 heavy (non-hydrogen) atoms. The third kappa shape index (κ3) is 3.21. The zero-order valence-electron chi connectivity index (χ0n) is 15.8. The lowest BCUT2D eigenvalue weighted by Gasteiger charge is -2.29. The van der Waals surface area contributed by atoms with Gasteiger partial charge in [0.05, 0.1) is 13.2 Å². The van der Waals surface area contributed by atoms with Crippen LogP contribution in [0.15, 0.2) is 42.6 Å². The predicted molar refractivity (Wildman–Crippen MR) is 100 cm³/mol. The van der Waals surface area contributed by atoms with E-state index in [2.05, 4.69) is 4.98 Å². The van der Waals surface area contributed by atoms with Gasteiger partial charge in [0.15, 0.2) is 0 Å². The van der Waals surface area contributed by atoms with Gasteiger partial charge in [0.1, 0.15) is 5.82 Å². The number of carbonyl (C=O) groups excluding carboxylic acids is 2. The highest BCUT2D eigenvalue weighted by Crippen LogP contribution is 2.45. The Labute approximate surface area is 162 Å². The highest BCUT2D eigenvalue weighted by Gasteiger charge is 2.49. The molecule has 3 heterocycles. The van der Waals surface area contributed by atoms with Crippen LogP contribution in [0.4, 0.5) is 4.39 Å². The summed E-state index contributed by atoms with van der Waals surface area (Å²) in [6, 6.07) is 9.48. The van der Waals surface area contributed by atoms with Gasteiger partial charge in [-0.15, -0.1) is 0 Å². The number of hydrogen-bond donors (Lipinski definition) is 0. The number of nitrogens with zero attached hydrogens (tertiary/aromatic N) is 3. The number of benzene rings is 1. The first-order chi connectivity index (χ1) is 13.5. The van der Waals surface area contributed by atoms with E-state index in [1.807, 2.05) is 11.0 Å². The first-order valence-corrected chi connectivity index (χ1v) is 9.30. The summed E-state index contributed by atoms with van der Waals surface area (Å²) in [5.74, 6) is 0.219. The van der Waals surface area contributed by atoms with Crippen LogP contribution in [0.5, 0.6) is 5.88 Å². The van der Waals surface area contributed by atoms with Crippen LogP contribution in [0.2, 0.25) is 0 Å². The van der Waals surface area contributed by atoms with Gasteiger partial charge < -0.3 is 14.5 Å². The number of carbonyl (C=O) groups is 2. The number of aromatic nitrogens is 1. The topological polar surface area (TPSA) is 62.7 Å². The van der Waals surface area contributed by atoms with Gasteiger partial charge in [0.2, 0.25) is 11.8 Å². The molecule has 0 aliphatic carbocycles. The number of halogens is 1. The molecule has 0 bridgehead atoms. The highest BCUT2D eigenvalue weighted by molar-refractivity contribution is 5.94. The van der Waals surface area contributed by atoms with Gasteiger partial charge in [0.25, 0.3) is 5.91 Å². The summed E-state index contributed by atoms with van der Waals surface area (Å²) < 4.78 is 18.9. The normalized spacial score (nSPS) is 23.6. The van der Waals surface area contributed by atoms with Gasteiger partial charge >= 0.3 is 0 Å². The number of methoxy groups -OCH3 is 1. The Morgan fingerprint density at radius 1 is 1.18 bits per heavy atom. The lowest BCUT2D eigenvalue weighted by molar-refractivity contribution is -0.130. The first-order valence-electron chi connectivity index (χ1n) is 9.30. The minimum absolute atomic E-state index is 0.0274. The minimum Gasteiger partial charge on any atom is -0.481 e. The number of pyridine rings is 1. The van der Waals surface area contributed by atoms with Crippen molar-refractivity contribution in [2.45, 2.75) is 13.0 Å². The molecule has 6 nitrogen and oxygen atoms in total. The smallest absolute Gasteiger partial charge is 0.254 e. The lowest BCUT2D eigenvalue weighted by Crippen LogP contribution is -2.36. The molecule has 1 aromatic heterocycles. The van der Waals surface area contributed by atoms with E-state index in [1.54, 1.807) is 36.2 Å². The highest BCUT2D eigenvalue weighted by atomic mass is 19.1. The Morgan fingerprint density at radius 3 is 2.71 bits per heavy atom. The van der Waals surface area contributed by atoms with Crippen LogP contribution in [0.25, 0.3) is 0 Å². The molecule has 146 valence electrons. The molecular formula is C21H22FN3O3. The number of amides is 2. The second-order valence-corrected chi connectivity index (χ2v) is 7.39. The van der Waals surface area contributed by atoms with Crippen molar-refractivity contribution in [2.75, 3.05) is 26.7 Å². The van der Waals surface area contributed by atoms with E-state index in [0.29, 0.717) is 31.1 Å². The Hall–Kier alpha value is -2.96. The van der Waals surface area contributed by atoms with Crippen LogP contribution in [0.1, 0.15) is 28.9 Å². The number of rotatable bonds is 3. The molecule has 0 saturated carbocycles. The molecule has 4 rings (SSSR count). The van der Waals surface area contributed by atoms with Crippen molar-refractivity contribution in [3.63, 3.8) is 0 Å². The molecule has 0 spiro atoms. The number of fused-ring (bicyclic) bond motifs is 1. The van der Waals surface area contributed by atoms with Crippen molar-refractivity contribution in [3.05, 3.63) is 59.5 Å². The van der Waals surface area contributed by atoms with Gasteiger partial charge in [0, 0.05) is 56.2 Å². The average molecular weight is 383 g/mol. The lowest BCUT2D eigenvalue weighted by atomic mass is 9.89. The van der Waals surface area contributed by atoms with Gasteiger partial charge in [-0.05, 0) is 23.8 Å². The summed E-state index contributed by atoms with van der Waals surface area (Å²) >= 11 is 0. The molecular weight excluding hydrogens is 361 g/mol. The quantitative estimate of drug-likeness (QED) is 0.817. The molecule has 0 radical (unpaired) electrons. The maximum atomic E-state index is 13.8. The van der Waals surface area contributed by atoms with Crippen molar-refractivity contribution in [1.29, 1.82) is 0 Å². The molecule has 2 fully saturated rings. The van der Waals surface area contributed by atoms with E-state index >= 15 is 0 Å². The van der Waals surface area contributed by atoms with Crippen LogP contribution in [0.3, 0.4) is 0 Å². The van der Waals surface area contributed by atoms with Crippen molar-refractivity contribution in [1.82, 2.24) is 14.8 Å². The summed E-state index contributed by atoms with van der Waals surface area (Å²) in [6.07, 6.45) is 1.55. The van der Waals surface area contributed by atoms with Crippen molar-refractivity contribution in [3.8, 4) is 5.88 Å². The second-order valence-electron chi connectivity index (χ2n) is 7.39. The van der Waals surface area contributed by atoms with Gasteiger partial charge in [-0.1, -0.05) is 12.1 Å². The molecule has 7 heteroatoms. The number of ether oxygens (including phenoxy) is 1. The Balaban J connectivity index is 1.59. The molecule has 2 amide bonds. The standard InChI is InChI=1S/C21H22FN3O3/c1-13(26)25-11-16-10-24(21(27)15-6-7-23-19(9-15)28-2)12-18(16)20(25)14-4-3-5-17(22)8-14/h3-9,16,18,20H,10-12H2,1-2H3/t16-,18-,20-/m1/s1. The predicted octanol–water partition coefficient (Wildman–Crippen LogP) is 2.52. The van der Waals surface area contributed by atoms with Gasteiger partial charge in [-0.25, -0.2) is 9.37 Å². The minimum atomic E-state index is -0.320. The van der Waals surface area contributed by atoms with E-state index in [4.69, 9.17) is 4.74 Å². The maximum absolute atomic E-state index is 13.8. The van der Waals surface area contributed by atoms with Crippen LogP contribution in [-0.4, -0.2) is 53.3 Å². The summed E-state index contributed by atoms with van der Waals surface area (Å²) in [6.45, 7) is 3.22. The Morgan fingerprint density at radius 2 is 2.00 bits per heavy atom. The van der Waals surface area contributed by atoms with Crippen LogP contribution in [0, 0.1) is 17.7 Å². The van der Waals surface area contributed by atoms with E-state index in [-0.39, 0.29) is 35.5 Å². The number of hydrogen-bond acceptors (Lipinski definition) is 4. The van der Waals surface area contributed by atoms with Crippen LogP contribution >= 0.6 is 0 Å². The third-order valence-electron chi connectivity index (χ3n) is 5.74. The molecule has 0 N–H and O–H groups in total. The SMILES string of the molecule is COc1cc(C(=O)N2C[C@@H]3CN(C(C)=O)[C@H](c4cccc(F)c4)[C@@H]3C2)ccn1. The monoisotopic (exact) mass is 383 g/mol. The van der Waals surface area contributed by atoms with Crippen molar-refractivity contribution < 1.29 is 18.7 Å². The van der Waals surface area contributed by atoms with E-state index in [1.165, 1.54) is 19.2 Å². The van der Waals surface area contributed by atoms with Crippen molar-refractivity contribution >= 4 is 11.8 Å². The molecule has 1 aromatic carbocycles. The molecule has 2 aliphatic heterocycles. The summed E-state index contributed by atoms with van der Waals surface area (Å²) in [5, 5.41) is 0. The van der Waals surface area contributed by atoms with Crippen molar-refractivity contribution in [2.24, 2.45) is 11.8 Å².